The summed E-state index contributed by atoms with van der Waals surface area (Å²) in [5.41, 5.74) is 0.797. The lowest BCUT2D eigenvalue weighted by Crippen LogP contribution is -2.59. The summed E-state index contributed by atoms with van der Waals surface area (Å²) < 4.78 is 20.9. The van der Waals surface area contributed by atoms with Crippen LogP contribution < -0.4 is 4.74 Å². The van der Waals surface area contributed by atoms with E-state index in [4.69, 9.17) is 35.7 Å². The summed E-state index contributed by atoms with van der Waals surface area (Å²) in [6, 6.07) is 9.19. The average Bonchev–Trinajstić information content (AvgIpc) is 2.80. The zero-order valence-electron chi connectivity index (χ0n) is 17.9. The molecule has 1 saturated heterocycles. The zero-order chi connectivity index (χ0) is 23.8. The van der Waals surface area contributed by atoms with Crippen molar-refractivity contribution in [2.24, 2.45) is 0 Å². The Kier molecular flexibility index (Phi) is 9.63. The predicted molar refractivity (Wildman–Crippen MR) is 117 cm³/mol. The molecule has 1 aliphatic heterocycles. The molecule has 3 rings (SSSR count). The van der Waals surface area contributed by atoms with Crippen molar-refractivity contribution in [3.8, 4) is 5.75 Å². The van der Waals surface area contributed by atoms with Gasteiger partial charge in [0, 0.05) is 5.39 Å². The number of aliphatic hydroxyl groups is 4. The Labute approximate surface area is 195 Å². The lowest BCUT2D eigenvalue weighted by atomic mass is 9.99. The maximum atomic E-state index is 11.8. The molecule has 10 nitrogen and oxygen atoms in total. The first-order valence-corrected chi connectivity index (χ1v) is 11.0. The third kappa shape index (κ3) is 7.21. The third-order valence-corrected chi connectivity index (χ3v) is 5.39. The molecule has 1 aromatic heterocycles. The van der Waals surface area contributed by atoms with Gasteiger partial charge in [0.15, 0.2) is 6.29 Å². The summed E-state index contributed by atoms with van der Waals surface area (Å²) in [6.45, 7) is -0.399. The van der Waals surface area contributed by atoms with E-state index in [1.807, 2.05) is 24.3 Å². The Balaban J connectivity index is 1.28. The highest BCUT2D eigenvalue weighted by Gasteiger charge is 2.44. The fraction of sp³-hybridized carbons (Fsp3) is 0.545. The molecular weight excluding hydrogens is 458 g/mol. The highest BCUT2D eigenvalue weighted by Crippen LogP contribution is 2.23. The van der Waals surface area contributed by atoms with Gasteiger partial charge < -0.3 is 39.4 Å². The first-order chi connectivity index (χ1) is 15.9. The Hall–Kier alpha value is -2.05. The summed E-state index contributed by atoms with van der Waals surface area (Å²) in [5, 5.41) is 40.0. The van der Waals surface area contributed by atoms with E-state index in [2.05, 4.69) is 4.98 Å². The van der Waals surface area contributed by atoms with Gasteiger partial charge in [0.1, 0.15) is 41.9 Å². The van der Waals surface area contributed by atoms with Crippen LogP contribution in [0, 0.1) is 0 Å². The summed E-state index contributed by atoms with van der Waals surface area (Å²) in [7, 11) is 0. The van der Waals surface area contributed by atoms with E-state index in [0.29, 0.717) is 18.2 Å². The first-order valence-electron chi connectivity index (χ1n) is 10.7. The minimum Gasteiger partial charge on any atom is -0.494 e. The number of nitrogens with zero attached hydrogens (tertiary/aromatic N) is 1. The van der Waals surface area contributed by atoms with Crippen LogP contribution in [0.5, 0.6) is 5.75 Å². The molecule has 0 spiro atoms. The zero-order valence-corrected chi connectivity index (χ0v) is 18.6. The highest BCUT2D eigenvalue weighted by molar-refractivity contribution is 6.29. The number of esters is 1. The van der Waals surface area contributed by atoms with Gasteiger partial charge in [0.25, 0.3) is 0 Å². The fourth-order valence-electron chi connectivity index (χ4n) is 3.40. The van der Waals surface area contributed by atoms with E-state index >= 15 is 0 Å². The van der Waals surface area contributed by atoms with Gasteiger partial charge >= 0.3 is 5.97 Å². The molecule has 1 fully saturated rings. The van der Waals surface area contributed by atoms with Gasteiger partial charge in [0.05, 0.1) is 25.3 Å². The lowest BCUT2D eigenvalue weighted by Gasteiger charge is -2.39. The number of carbonyl (C=O) groups excluding carboxylic acids is 1. The molecule has 0 radical (unpaired) electrons. The minimum absolute atomic E-state index is 0.186. The van der Waals surface area contributed by atoms with Crippen molar-refractivity contribution in [3.05, 3.63) is 35.5 Å². The second-order valence-corrected chi connectivity index (χ2v) is 8.01. The fourth-order valence-corrected chi connectivity index (χ4v) is 3.55. The Morgan fingerprint density at radius 1 is 1.06 bits per heavy atom. The number of ether oxygens (including phenoxy) is 4. The van der Waals surface area contributed by atoms with Gasteiger partial charge in [-0.05, 0) is 49.6 Å². The van der Waals surface area contributed by atoms with E-state index in [1.54, 1.807) is 6.07 Å². The molecular formula is C22H28ClNO9. The van der Waals surface area contributed by atoms with Crippen molar-refractivity contribution in [1.29, 1.82) is 0 Å². The van der Waals surface area contributed by atoms with Gasteiger partial charge in [-0.2, -0.15) is 0 Å². The van der Waals surface area contributed by atoms with Crippen molar-refractivity contribution in [2.75, 3.05) is 26.4 Å². The Bertz CT molecular complexity index is 915. The van der Waals surface area contributed by atoms with Crippen molar-refractivity contribution in [3.63, 3.8) is 0 Å². The van der Waals surface area contributed by atoms with Crippen molar-refractivity contribution in [2.45, 2.75) is 50.0 Å². The molecule has 33 heavy (non-hydrogen) atoms. The van der Waals surface area contributed by atoms with Crippen LogP contribution in [0.25, 0.3) is 10.9 Å². The molecule has 2 heterocycles. The summed E-state index contributed by atoms with van der Waals surface area (Å²) in [4.78, 5) is 16.1. The number of hydrogen-bond acceptors (Lipinski definition) is 10. The number of halogens is 1. The summed E-state index contributed by atoms with van der Waals surface area (Å²) in [6.07, 6.45) is -4.85. The number of aromatic nitrogens is 1. The molecule has 5 atom stereocenters. The maximum Gasteiger partial charge on any atom is 0.332 e. The van der Waals surface area contributed by atoms with Crippen LogP contribution in [0.4, 0.5) is 0 Å². The Morgan fingerprint density at radius 3 is 2.64 bits per heavy atom. The van der Waals surface area contributed by atoms with E-state index < -0.39 is 49.9 Å². The molecule has 1 unspecified atom stereocenters. The maximum absolute atomic E-state index is 11.8. The smallest absolute Gasteiger partial charge is 0.332 e. The van der Waals surface area contributed by atoms with Crippen LogP contribution in [-0.2, 0) is 19.0 Å². The summed E-state index contributed by atoms with van der Waals surface area (Å²) >= 11 is 5.88. The number of rotatable bonds is 11. The number of fused-ring (bicyclic) bond motifs is 1. The molecule has 0 aliphatic carbocycles. The molecule has 2 aromatic rings. The lowest BCUT2D eigenvalue weighted by molar-refractivity contribution is -0.294. The van der Waals surface area contributed by atoms with Crippen LogP contribution in [-0.4, -0.2) is 88.5 Å². The molecule has 182 valence electrons. The van der Waals surface area contributed by atoms with Crippen molar-refractivity contribution in [1.82, 2.24) is 4.98 Å². The first kappa shape index (κ1) is 25.6. The molecule has 1 aromatic carbocycles. The topological polar surface area (TPSA) is 148 Å². The predicted octanol–water partition coefficient (Wildman–Crippen LogP) is 0.797. The van der Waals surface area contributed by atoms with E-state index in [0.717, 1.165) is 29.5 Å². The highest BCUT2D eigenvalue weighted by atomic mass is 35.5. The second-order valence-electron chi connectivity index (χ2n) is 7.62. The second kappa shape index (κ2) is 12.4. The molecule has 0 saturated carbocycles. The Morgan fingerprint density at radius 2 is 1.85 bits per heavy atom. The van der Waals surface area contributed by atoms with Gasteiger partial charge in [-0.1, -0.05) is 11.6 Å². The van der Waals surface area contributed by atoms with Gasteiger partial charge in [0.2, 0.25) is 0 Å². The average molecular weight is 486 g/mol. The van der Waals surface area contributed by atoms with Gasteiger partial charge in [-0.25, -0.2) is 9.78 Å². The van der Waals surface area contributed by atoms with Crippen molar-refractivity contribution >= 4 is 28.5 Å². The standard InChI is InChI=1S/C22H28ClNO9/c23-17-7-4-13-10-14(5-6-15(13)24-17)30-8-2-1-3-9-31-18(26)12-32-21-19(27)16(11-25)33-22(29)20(21)28/h4-7,10,16,19-22,25,27-29H,1-3,8-9,11-12H2/t16-,19-,20-,21+,22?/m1/s1. The van der Waals surface area contributed by atoms with Crippen LogP contribution >= 0.6 is 11.6 Å². The summed E-state index contributed by atoms with van der Waals surface area (Å²) in [5.74, 6) is 0.0679. The van der Waals surface area contributed by atoms with Crippen LogP contribution in [0.2, 0.25) is 5.15 Å². The van der Waals surface area contributed by atoms with Gasteiger partial charge in [-0.3, -0.25) is 0 Å². The van der Waals surface area contributed by atoms with E-state index in [1.165, 1.54) is 0 Å². The van der Waals surface area contributed by atoms with Gasteiger partial charge in [-0.15, -0.1) is 0 Å². The quantitative estimate of drug-likeness (QED) is 0.204. The van der Waals surface area contributed by atoms with E-state index in [-0.39, 0.29) is 6.61 Å². The number of pyridine rings is 1. The molecule has 4 N–H and O–H groups in total. The van der Waals surface area contributed by atoms with Crippen LogP contribution in [0.1, 0.15) is 19.3 Å². The number of unbranched alkanes of at least 4 members (excludes halogenated alkanes) is 2. The number of aliphatic hydroxyl groups excluding tert-OH is 4. The SMILES string of the molecule is O=C(CO[C@H]1[C@H](O)[C@@H](CO)OC(O)[C@@H]1O)OCCCCCOc1ccc2nc(Cl)ccc2c1. The number of hydrogen-bond donors (Lipinski definition) is 4. The molecule has 1 aliphatic rings. The molecule has 0 amide bonds. The monoisotopic (exact) mass is 485 g/mol. The normalized spacial score (nSPS) is 25.2. The van der Waals surface area contributed by atoms with Crippen molar-refractivity contribution < 1.29 is 44.2 Å². The van der Waals surface area contributed by atoms with Crippen LogP contribution in [0.3, 0.4) is 0 Å². The molecule has 11 heteroatoms. The number of carbonyl (C=O) groups is 1. The third-order valence-electron chi connectivity index (χ3n) is 5.18. The van der Waals surface area contributed by atoms with E-state index in [9.17, 15) is 20.1 Å². The minimum atomic E-state index is -1.64. The number of benzene rings is 1. The largest absolute Gasteiger partial charge is 0.494 e. The van der Waals surface area contributed by atoms with Crippen LogP contribution in [0.15, 0.2) is 30.3 Å². The molecule has 0 bridgehead atoms.